The Hall–Kier alpha value is -2.66. The Morgan fingerprint density at radius 3 is 2.68 bits per heavy atom. The monoisotopic (exact) mass is 502 g/mol. The van der Waals surface area contributed by atoms with Gasteiger partial charge in [0.05, 0.1) is 31.1 Å². The lowest BCUT2D eigenvalue weighted by Gasteiger charge is -2.30. The van der Waals surface area contributed by atoms with Crippen LogP contribution >= 0.6 is 11.6 Å². The smallest absolute Gasteiger partial charge is 0.435 e. The number of likely N-dealkylation sites (tertiary alicyclic amines) is 1. The van der Waals surface area contributed by atoms with Gasteiger partial charge in [-0.15, -0.1) is 0 Å². The topological polar surface area (TPSA) is 78.7 Å². The summed E-state index contributed by atoms with van der Waals surface area (Å²) < 4.78 is 56.4. The summed E-state index contributed by atoms with van der Waals surface area (Å²) >= 11 is 5.77. The number of alkyl halides is 3. The van der Waals surface area contributed by atoms with Gasteiger partial charge in [0.1, 0.15) is 5.82 Å². The number of aromatic nitrogens is 2. The van der Waals surface area contributed by atoms with Crippen molar-refractivity contribution in [2.45, 2.75) is 38.5 Å². The molecule has 0 aliphatic carbocycles. The van der Waals surface area contributed by atoms with E-state index < -0.39 is 23.7 Å². The van der Waals surface area contributed by atoms with E-state index in [0.29, 0.717) is 26.1 Å². The van der Waals surface area contributed by atoms with Gasteiger partial charge in [0.2, 0.25) is 5.91 Å². The van der Waals surface area contributed by atoms with Gasteiger partial charge >= 0.3 is 12.1 Å². The summed E-state index contributed by atoms with van der Waals surface area (Å²) in [6.07, 6.45) is -4.13. The number of fused-ring (bicyclic) bond motifs is 1. The molecule has 7 nitrogen and oxygen atoms in total. The molecule has 1 aromatic heterocycles. The average molecular weight is 503 g/mol. The molecule has 3 heterocycles. The van der Waals surface area contributed by atoms with E-state index in [-0.39, 0.29) is 66.1 Å². The highest BCUT2D eigenvalue weighted by atomic mass is 35.5. The number of nitrogens with zero attached hydrogens (tertiary/aromatic N) is 4. The largest absolute Gasteiger partial charge is 0.481 e. The van der Waals surface area contributed by atoms with Crippen molar-refractivity contribution >= 4 is 23.5 Å². The summed E-state index contributed by atoms with van der Waals surface area (Å²) in [5.41, 5.74) is -0.608. The van der Waals surface area contributed by atoms with Gasteiger partial charge in [-0.25, -0.2) is 4.39 Å². The van der Waals surface area contributed by atoms with Crippen LogP contribution in [0.3, 0.4) is 0 Å². The molecule has 0 saturated carbocycles. The van der Waals surface area contributed by atoms with Gasteiger partial charge in [-0.3, -0.25) is 14.3 Å². The molecule has 2 aliphatic rings. The molecule has 0 bridgehead atoms. The fourth-order valence-electron chi connectivity index (χ4n) is 4.59. The molecule has 1 atom stereocenters. The first-order chi connectivity index (χ1) is 16.0. The lowest BCUT2D eigenvalue weighted by atomic mass is 10.0. The lowest BCUT2D eigenvalue weighted by molar-refractivity contribution is -0.142. The quantitative estimate of drug-likeness (QED) is 0.612. The second kappa shape index (κ2) is 9.53. The molecule has 0 radical (unpaired) electrons. The first-order valence-electron chi connectivity index (χ1n) is 10.9. The van der Waals surface area contributed by atoms with Crippen LogP contribution in [0, 0.1) is 11.7 Å². The van der Waals surface area contributed by atoms with Gasteiger partial charge in [-0.2, -0.15) is 18.3 Å². The van der Waals surface area contributed by atoms with Gasteiger partial charge < -0.3 is 14.9 Å². The zero-order valence-electron chi connectivity index (χ0n) is 18.1. The van der Waals surface area contributed by atoms with Crippen LogP contribution in [-0.4, -0.2) is 62.7 Å². The third kappa shape index (κ3) is 5.20. The van der Waals surface area contributed by atoms with Crippen molar-refractivity contribution in [2.75, 3.05) is 26.2 Å². The molecule has 184 valence electrons. The van der Waals surface area contributed by atoms with Crippen LogP contribution < -0.4 is 0 Å². The Kier molecular flexibility index (Phi) is 6.86. The van der Waals surface area contributed by atoms with Crippen molar-refractivity contribution < 1.29 is 32.3 Å². The number of carbonyl (C=O) groups is 2. The number of benzene rings is 1. The zero-order chi connectivity index (χ0) is 24.6. The van der Waals surface area contributed by atoms with Crippen LogP contribution in [0.5, 0.6) is 0 Å². The number of carbonyl (C=O) groups excluding carboxylic acids is 1. The highest BCUT2D eigenvalue weighted by molar-refractivity contribution is 6.30. The summed E-state index contributed by atoms with van der Waals surface area (Å²) in [5, 5.41) is 12.8. The third-order valence-electron chi connectivity index (χ3n) is 6.32. The summed E-state index contributed by atoms with van der Waals surface area (Å²) in [6, 6.07) is 3.94. The SMILES string of the molecule is O=C(O)CCN1CCC(C(=O)N2CCc3c(C(F)(F)F)nn(Cc4ccc(Cl)cc4F)c3C2)C1. The van der Waals surface area contributed by atoms with E-state index in [0.717, 1.165) is 10.7 Å². The number of hydrogen-bond donors (Lipinski definition) is 1. The molecular formula is C22H23ClF4N4O3. The third-order valence-corrected chi connectivity index (χ3v) is 6.55. The van der Waals surface area contributed by atoms with Gasteiger partial charge in [-0.1, -0.05) is 17.7 Å². The van der Waals surface area contributed by atoms with E-state index in [1.165, 1.54) is 17.0 Å². The summed E-state index contributed by atoms with van der Waals surface area (Å²) in [5.74, 6) is -2.09. The number of carboxylic acid groups (broad SMARTS) is 1. The molecule has 2 aromatic rings. The molecule has 12 heteroatoms. The minimum Gasteiger partial charge on any atom is -0.481 e. The number of rotatable bonds is 6. The van der Waals surface area contributed by atoms with Crippen LogP contribution in [0.25, 0.3) is 0 Å². The fourth-order valence-corrected chi connectivity index (χ4v) is 4.75. The molecule has 1 aromatic carbocycles. The van der Waals surface area contributed by atoms with Crippen LogP contribution in [0.4, 0.5) is 17.6 Å². The van der Waals surface area contributed by atoms with Crippen molar-refractivity contribution in [3.63, 3.8) is 0 Å². The van der Waals surface area contributed by atoms with Crippen molar-refractivity contribution in [3.05, 3.63) is 51.6 Å². The molecule has 1 N–H and O–H groups in total. The maximum Gasteiger partial charge on any atom is 0.435 e. The first kappa shape index (κ1) is 24.5. The van der Waals surface area contributed by atoms with Crippen molar-refractivity contribution in [1.82, 2.24) is 19.6 Å². The predicted octanol–water partition coefficient (Wildman–Crippen LogP) is 3.42. The van der Waals surface area contributed by atoms with E-state index in [4.69, 9.17) is 16.7 Å². The molecule has 1 amide bonds. The van der Waals surface area contributed by atoms with Crippen molar-refractivity contribution in [2.24, 2.45) is 5.92 Å². The number of amides is 1. The van der Waals surface area contributed by atoms with Gasteiger partial charge in [0, 0.05) is 35.8 Å². The highest BCUT2D eigenvalue weighted by Gasteiger charge is 2.42. The standard InChI is InChI=1S/C22H23ClF4N4O3/c23-15-2-1-13(17(24)9-15)11-31-18-12-30(8-4-16(18)20(28-31)22(25,26)27)21(34)14-3-6-29(10-14)7-5-19(32)33/h1-2,9,14H,3-8,10-12H2,(H,32,33). The van der Waals surface area contributed by atoms with Crippen LogP contribution in [0.2, 0.25) is 5.02 Å². The second-order valence-electron chi connectivity index (χ2n) is 8.60. The Balaban J connectivity index is 1.54. The van der Waals surface area contributed by atoms with Crippen molar-refractivity contribution in [1.29, 1.82) is 0 Å². The van der Waals surface area contributed by atoms with E-state index in [1.54, 1.807) is 0 Å². The minimum absolute atomic E-state index is 0.00549. The number of carboxylic acids is 1. The molecule has 1 unspecified atom stereocenters. The lowest BCUT2D eigenvalue weighted by Crippen LogP contribution is -2.41. The molecule has 4 rings (SSSR count). The maximum atomic E-state index is 14.3. The highest BCUT2D eigenvalue weighted by Crippen LogP contribution is 2.36. The van der Waals surface area contributed by atoms with Crippen LogP contribution in [-0.2, 0) is 35.3 Å². The van der Waals surface area contributed by atoms with Crippen molar-refractivity contribution in [3.8, 4) is 0 Å². The summed E-state index contributed by atoms with van der Waals surface area (Å²) in [7, 11) is 0. The fraction of sp³-hybridized carbons (Fsp3) is 0.500. The summed E-state index contributed by atoms with van der Waals surface area (Å²) in [4.78, 5) is 27.3. The molecule has 1 saturated heterocycles. The Morgan fingerprint density at radius 2 is 2.00 bits per heavy atom. The molecule has 1 fully saturated rings. The number of hydrogen-bond acceptors (Lipinski definition) is 4. The Labute approximate surface area is 197 Å². The van der Waals surface area contributed by atoms with E-state index >= 15 is 0 Å². The number of halogens is 5. The second-order valence-corrected chi connectivity index (χ2v) is 9.04. The van der Waals surface area contributed by atoms with Gasteiger partial charge in [-0.05, 0) is 31.5 Å². The molecule has 34 heavy (non-hydrogen) atoms. The Bertz CT molecular complexity index is 1100. The van der Waals surface area contributed by atoms with Crippen LogP contribution in [0.15, 0.2) is 18.2 Å². The molecular weight excluding hydrogens is 480 g/mol. The first-order valence-corrected chi connectivity index (χ1v) is 11.2. The van der Waals surface area contributed by atoms with E-state index in [9.17, 15) is 27.2 Å². The predicted molar refractivity (Wildman–Crippen MR) is 114 cm³/mol. The average Bonchev–Trinajstić information content (AvgIpc) is 3.38. The number of aliphatic carboxylic acids is 1. The van der Waals surface area contributed by atoms with Gasteiger partial charge in [0.25, 0.3) is 0 Å². The van der Waals surface area contributed by atoms with Crippen LogP contribution in [0.1, 0.15) is 35.4 Å². The Morgan fingerprint density at radius 1 is 1.24 bits per heavy atom. The zero-order valence-corrected chi connectivity index (χ0v) is 18.9. The maximum absolute atomic E-state index is 14.3. The molecule has 2 aliphatic heterocycles. The minimum atomic E-state index is -4.67. The van der Waals surface area contributed by atoms with Gasteiger partial charge in [0.15, 0.2) is 5.69 Å². The molecule has 0 spiro atoms. The normalized spacial score (nSPS) is 18.9. The summed E-state index contributed by atoms with van der Waals surface area (Å²) in [6.45, 7) is 1.19. The van der Waals surface area contributed by atoms with E-state index in [2.05, 4.69) is 5.10 Å². The van der Waals surface area contributed by atoms with E-state index in [1.807, 2.05) is 4.90 Å².